The number of aromatic nitrogens is 1. The minimum Gasteiger partial charge on any atom is -0.451 e. The molecule has 2 heterocycles. The van der Waals surface area contributed by atoms with E-state index in [0.717, 1.165) is 27.4 Å². The summed E-state index contributed by atoms with van der Waals surface area (Å²) in [6.07, 6.45) is 0. The van der Waals surface area contributed by atoms with Crippen LogP contribution in [-0.2, 0) is 6.54 Å². The second-order valence-electron chi connectivity index (χ2n) is 6.04. The van der Waals surface area contributed by atoms with Crippen molar-refractivity contribution in [1.82, 2.24) is 10.3 Å². The van der Waals surface area contributed by atoms with Crippen LogP contribution in [0.25, 0.3) is 21.9 Å². The van der Waals surface area contributed by atoms with Crippen LogP contribution in [0.5, 0.6) is 0 Å². The summed E-state index contributed by atoms with van der Waals surface area (Å²) in [7, 11) is 0. The van der Waals surface area contributed by atoms with Crippen molar-refractivity contribution in [3.05, 3.63) is 81.8 Å². The van der Waals surface area contributed by atoms with Crippen molar-refractivity contribution in [2.45, 2.75) is 13.5 Å². The Kier molecular flexibility index (Phi) is 3.61. The maximum absolute atomic E-state index is 12.4. The SMILES string of the molecule is Cc1ccc2c(CNC(=O)c3cc4ccccc4o3)cc(=O)[nH]c2c1. The van der Waals surface area contributed by atoms with Crippen molar-refractivity contribution in [3.63, 3.8) is 0 Å². The number of pyridine rings is 1. The van der Waals surface area contributed by atoms with E-state index in [4.69, 9.17) is 4.42 Å². The van der Waals surface area contributed by atoms with Gasteiger partial charge in [-0.15, -0.1) is 0 Å². The Morgan fingerprint density at radius 3 is 2.80 bits per heavy atom. The van der Waals surface area contributed by atoms with Crippen LogP contribution in [0, 0.1) is 6.92 Å². The number of nitrogens with one attached hydrogen (secondary N) is 2. The number of furan rings is 1. The first-order valence-electron chi connectivity index (χ1n) is 7.99. The standard InChI is InChI=1S/C20H16N2O3/c1-12-6-7-15-14(10-19(23)22-16(15)8-12)11-21-20(24)18-9-13-4-2-3-5-17(13)25-18/h2-10H,11H2,1H3,(H,21,24)(H,22,23). The van der Waals surface area contributed by atoms with E-state index < -0.39 is 0 Å². The molecule has 2 aromatic carbocycles. The van der Waals surface area contributed by atoms with Gasteiger partial charge < -0.3 is 14.7 Å². The van der Waals surface area contributed by atoms with Gasteiger partial charge in [-0.25, -0.2) is 0 Å². The maximum Gasteiger partial charge on any atom is 0.287 e. The van der Waals surface area contributed by atoms with E-state index in [2.05, 4.69) is 10.3 Å². The highest BCUT2D eigenvalue weighted by atomic mass is 16.3. The zero-order valence-electron chi connectivity index (χ0n) is 13.6. The van der Waals surface area contributed by atoms with Crippen LogP contribution in [0.3, 0.4) is 0 Å². The Morgan fingerprint density at radius 1 is 1.12 bits per heavy atom. The molecule has 0 saturated heterocycles. The number of aromatic amines is 1. The van der Waals surface area contributed by atoms with Crippen LogP contribution in [0.4, 0.5) is 0 Å². The Labute approximate surface area is 143 Å². The van der Waals surface area contributed by atoms with E-state index in [-0.39, 0.29) is 23.8 Å². The molecule has 2 aromatic heterocycles. The monoisotopic (exact) mass is 332 g/mol. The lowest BCUT2D eigenvalue weighted by Crippen LogP contribution is -2.23. The third kappa shape index (κ3) is 2.92. The number of hydrogen-bond donors (Lipinski definition) is 2. The highest BCUT2D eigenvalue weighted by Crippen LogP contribution is 2.19. The zero-order chi connectivity index (χ0) is 17.4. The lowest BCUT2D eigenvalue weighted by molar-refractivity contribution is 0.0925. The van der Waals surface area contributed by atoms with E-state index in [1.807, 2.05) is 49.4 Å². The number of carbonyl (C=O) groups excluding carboxylic acids is 1. The molecule has 0 atom stereocenters. The van der Waals surface area contributed by atoms with Crippen molar-refractivity contribution in [1.29, 1.82) is 0 Å². The molecule has 0 aliphatic carbocycles. The molecular formula is C20H16N2O3. The van der Waals surface area contributed by atoms with Gasteiger partial charge in [-0.2, -0.15) is 0 Å². The number of aryl methyl sites for hydroxylation is 1. The third-order valence-electron chi connectivity index (χ3n) is 4.17. The van der Waals surface area contributed by atoms with Crippen LogP contribution in [0.15, 0.2) is 63.8 Å². The number of rotatable bonds is 3. The van der Waals surface area contributed by atoms with Crippen molar-refractivity contribution < 1.29 is 9.21 Å². The number of fused-ring (bicyclic) bond motifs is 2. The number of H-pyrrole nitrogens is 1. The van der Waals surface area contributed by atoms with Gasteiger partial charge in [0, 0.05) is 28.9 Å². The molecular weight excluding hydrogens is 316 g/mol. The summed E-state index contributed by atoms with van der Waals surface area (Å²) < 4.78 is 5.57. The molecule has 25 heavy (non-hydrogen) atoms. The first kappa shape index (κ1) is 15.2. The number of para-hydroxylation sites is 1. The molecule has 124 valence electrons. The predicted octanol–water partition coefficient (Wildman–Crippen LogP) is 3.51. The van der Waals surface area contributed by atoms with Gasteiger partial charge >= 0.3 is 0 Å². The molecule has 0 radical (unpaired) electrons. The maximum atomic E-state index is 12.4. The quantitative estimate of drug-likeness (QED) is 0.603. The molecule has 0 spiro atoms. The Morgan fingerprint density at radius 2 is 1.96 bits per heavy atom. The van der Waals surface area contributed by atoms with E-state index >= 15 is 0 Å². The van der Waals surface area contributed by atoms with Crippen molar-refractivity contribution in [3.8, 4) is 0 Å². The highest BCUT2D eigenvalue weighted by molar-refractivity contribution is 5.96. The molecule has 2 N–H and O–H groups in total. The lowest BCUT2D eigenvalue weighted by Gasteiger charge is -2.08. The minimum absolute atomic E-state index is 0.189. The van der Waals surface area contributed by atoms with Crippen LogP contribution < -0.4 is 10.9 Å². The van der Waals surface area contributed by atoms with Crippen molar-refractivity contribution in [2.24, 2.45) is 0 Å². The predicted molar refractivity (Wildman–Crippen MR) is 96.7 cm³/mol. The molecule has 0 aliphatic rings. The first-order valence-corrected chi connectivity index (χ1v) is 7.99. The lowest BCUT2D eigenvalue weighted by atomic mass is 10.1. The topological polar surface area (TPSA) is 75.1 Å². The summed E-state index contributed by atoms with van der Waals surface area (Å²) in [5.74, 6) is -0.0528. The Balaban J connectivity index is 1.61. The summed E-state index contributed by atoms with van der Waals surface area (Å²) in [4.78, 5) is 27.1. The van der Waals surface area contributed by atoms with E-state index in [0.29, 0.717) is 5.58 Å². The summed E-state index contributed by atoms with van der Waals surface area (Å²) in [6.45, 7) is 2.22. The molecule has 0 bridgehead atoms. The van der Waals surface area contributed by atoms with Crippen LogP contribution in [-0.4, -0.2) is 10.9 Å². The fourth-order valence-corrected chi connectivity index (χ4v) is 2.95. The van der Waals surface area contributed by atoms with E-state index in [9.17, 15) is 9.59 Å². The molecule has 0 aliphatic heterocycles. The minimum atomic E-state index is -0.309. The fourth-order valence-electron chi connectivity index (χ4n) is 2.95. The number of benzene rings is 2. The fraction of sp³-hybridized carbons (Fsp3) is 0.100. The van der Waals surface area contributed by atoms with Gasteiger partial charge in [0.25, 0.3) is 5.91 Å². The average molecular weight is 332 g/mol. The highest BCUT2D eigenvalue weighted by Gasteiger charge is 2.12. The molecule has 0 unspecified atom stereocenters. The van der Waals surface area contributed by atoms with Gasteiger partial charge in [-0.3, -0.25) is 9.59 Å². The molecule has 4 rings (SSSR count). The summed E-state index contributed by atoms with van der Waals surface area (Å²) in [5, 5.41) is 4.62. The summed E-state index contributed by atoms with van der Waals surface area (Å²) in [5.41, 5.74) is 3.08. The normalized spacial score (nSPS) is 11.1. The molecule has 0 saturated carbocycles. The Hall–Kier alpha value is -3.34. The van der Waals surface area contributed by atoms with Crippen LogP contribution >= 0.6 is 0 Å². The summed E-state index contributed by atoms with van der Waals surface area (Å²) in [6, 6.07) is 16.5. The second kappa shape index (κ2) is 5.94. The Bertz CT molecular complexity index is 1120. The third-order valence-corrected chi connectivity index (χ3v) is 4.17. The second-order valence-corrected chi connectivity index (χ2v) is 6.04. The van der Waals surface area contributed by atoms with Gasteiger partial charge in [-0.05, 0) is 36.2 Å². The van der Waals surface area contributed by atoms with Gasteiger partial charge in [0.05, 0.1) is 0 Å². The van der Waals surface area contributed by atoms with Gasteiger partial charge in [0.15, 0.2) is 5.76 Å². The number of amides is 1. The molecule has 5 heteroatoms. The van der Waals surface area contributed by atoms with Gasteiger partial charge in [0.2, 0.25) is 5.56 Å². The zero-order valence-corrected chi connectivity index (χ0v) is 13.6. The van der Waals surface area contributed by atoms with Crippen LogP contribution in [0.1, 0.15) is 21.7 Å². The molecule has 0 fully saturated rings. The summed E-state index contributed by atoms with van der Waals surface area (Å²) >= 11 is 0. The number of hydrogen-bond acceptors (Lipinski definition) is 3. The van der Waals surface area contributed by atoms with Gasteiger partial charge in [-0.1, -0.05) is 30.3 Å². The van der Waals surface area contributed by atoms with Crippen molar-refractivity contribution >= 4 is 27.8 Å². The molecule has 1 amide bonds. The van der Waals surface area contributed by atoms with Crippen LogP contribution in [0.2, 0.25) is 0 Å². The van der Waals surface area contributed by atoms with Gasteiger partial charge in [0.1, 0.15) is 5.58 Å². The molecule has 5 nitrogen and oxygen atoms in total. The molecule has 4 aromatic rings. The van der Waals surface area contributed by atoms with E-state index in [1.54, 1.807) is 6.07 Å². The smallest absolute Gasteiger partial charge is 0.287 e. The first-order chi connectivity index (χ1) is 12.1. The largest absolute Gasteiger partial charge is 0.451 e. The average Bonchev–Trinajstić information content (AvgIpc) is 3.03. The van der Waals surface area contributed by atoms with Crippen molar-refractivity contribution in [2.75, 3.05) is 0 Å². The number of carbonyl (C=O) groups is 1. The van der Waals surface area contributed by atoms with E-state index in [1.165, 1.54) is 6.07 Å².